The van der Waals surface area contributed by atoms with Gasteiger partial charge in [0.1, 0.15) is 5.82 Å². The van der Waals surface area contributed by atoms with Crippen LogP contribution >= 0.6 is 0 Å². The molecule has 1 aliphatic heterocycles. The summed E-state index contributed by atoms with van der Waals surface area (Å²) in [6, 6.07) is 1.09. The van der Waals surface area contributed by atoms with E-state index in [2.05, 4.69) is 36.1 Å². The molecule has 3 fully saturated rings. The molecule has 1 aromatic rings. The maximum absolute atomic E-state index is 13.1. The van der Waals surface area contributed by atoms with Gasteiger partial charge in [-0.2, -0.15) is 0 Å². The number of rotatable bonds is 4. The monoisotopic (exact) mass is 333 g/mol. The topological polar surface area (TPSA) is 47.0 Å². The molecule has 2 aliphatic carbocycles. The zero-order valence-corrected chi connectivity index (χ0v) is 14.8. The fraction of sp³-hybridized carbons (Fsp3) is 0.789. The summed E-state index contributed by atoms with van der Waals surface area (Å²) in [7, 11) is 0. The summed E-state index contributed by atoms with van der Waals surface area (Å²) in [5.74, 6) is 2.31. The van der Waals surface area contributed by atoms with Crippen molar-refractivity contribution in [3.8, 4) is 0 Å². The molecule has 0 aromatic carbocycles. The Morgan fingerprint density at radius 2 is 2.00 bits per heavy atom. The quantitative estimate of drug-likeness (QED) is 0.920. The van der Waals surface area contributed by atoms with Crippen molar-refractivity contribution in [1.82, 2.24) is 15.3 Å². The third-order valence-corrected chi connectivity index (χ3v) is 6.82. The molecule has 7 atom stereocenters. The lowest BCUT2D eigenvalue weighted by atomic mass is 9.85. The van der Waals surface area contributed by atoms with E-state index in [4.69, 9.17) is 4.74 Å². The van der Waals surface area contributed by atoms with Crippen LogP contribution in [0.25, 0.3) is 0 Å². The molecule has 0 bridgehead atoms. The van der Waals surface area contributed by atoms with Crippen LogP contribution in [0.2, 0.25) is 0 Å². The maximum Gasteiger partial charge on any atom is 0.159 e. The fourth-order valence-corrected chi connectivity index (χ4v) is 5.31. The second-order valence-corrected chi connectivity index (χ2v) is 8.28. The van der Waals surface area contributed by atoms with Crippen molar-refractivity contribution in [3.05, 3.63) is 24.0 Å². The molecular formula is C19H28FN3O. The van der Waals surface area contributed by atoms with Crippen LogP contribution in [0.1, 0.15) is 52.3 Å². The molecule has 4 nitrogen and oxygen atoms in total. The van der Waals surface area contributed by atoms with Crippen LogP contribution in [0.15, 0.2) is 12.4 Å². The Hall–Kier alpha value is -1.07. The molecule has 3 aliphatic rings. The smallest absolute Gasteiger partial charge is 0.159 e. The van der Waals surface area contributed by atoms with Gasteiger partial charge in [-0.05, 0) is 50.4 Å². The van der Waals surface area contributed by atoms with Crippen LogP contribution in [0, 0.1) is 23.6 Å². The van der Waals surface area contributed by atoms with Crippen LogP contribution in [-0.4, -0.2) is 34.8 Å². The van der Waals surface area contributed by atoms with E-state index in [-0.39, 0.29) is 11.2 Å². The van der Waals surface area contributed by atoms with Crippen LogP contribution in [-0.2, 0) is 10.2 Å². The predicted octanol–water partition coefficient (Wildman–Crippen LogP) is 3.08. The van der Waals surface area contributed by atoms with E-state index < -0.39 is 0 Å². The lowest BCUT2D eigenvalue weighted by molar-refractivity contribution is 0.00767. The Kier molecular flexibility index (Phi) is 4.12. The molecule has 5 heteroatoms. The summed E-state index contributed by atoms with van der Waals surface area (Å²) in [5, 5.41) is 3.63. The van der Waals surface area contributed by atoms with Gasteiger partial charge in [0.2, 0.25) is 0 Å². The predicted molar refractivity (Wildman–Crippen MR) is 90.1 cm³/mol. The van der Waals surface area contributed by atoms with Crippen LogP contribution in [0.5, 0.6) is 0 Å². The molecule has 0 amide bonds. The second kappa shape index (κ2) is 6.03. The van der Waals surface area contributed by atoms with Crippen molar-refractivity contribution in [2.24, 2.45) is 17.8 Å². The first kappa shape index (κ1) is 16.4. The standard InChI is InChI=1S/C19H28FN3O/c1-11-6-12(2)23-17(11)10-24-15-4-5-19(13(3)16(19)7-15)18-21-8-14(20)9-22-18/h8-9,11-13,15-17,23H,4-7,10H2,1-3H3/t11-,12+,13?,15-,16?,17-,19+/m0/s1. The number of ether oxygens (including phenoxy) is 1. The first-order valence-electron chi connectivity index (χ1n) is 9.36. The van der Waals surface area contributed by atoms with Gasteiger partial charge in [-0.15, -0.1) is 0 Å². The highest BCUT2D eigenvalue weighted by Gasteiger charge is 2.66. The van der Waals surface area contributed by atoms with Crippen LogP contribution in [0.3, 0.4) is 0 Å². The van der Waals surface area contributed by atoms with Gasteiger partial charge >= 0.3 is 0 Å². The third kappa shape index (κ3) is 2.66. The van der Waals surface area contributed by atoms with Crippen molar-refractivity contribution < 1.29 is 9.13 Å². The molecule has 24 heavy (non-hydrogen) atoms. The average molecular weight is 333 g/mol. The third-order valence-electron chi connectivity index (χ3n) is 6.82. The highest BCUT2D eigenvalue weighted by atomic mass is 19.1. The number of nitrogens with zero attached hydrogens (tertiary/aromatic N) is 2. The lowest BCUT2D eigenvalue weighted by Gasteiger charge is -2.29. The van der Waals surface area contributed by atoms with Crippen molar-refractivity contribution >= 4 is 0 Å². The van der Waals surface area contributed by atoms with Gasteiger partial charge in [0.25, 0.3) is 0 Å². The Labute approximate surface area is 143 Å². The minimum absolute atomic E-state index is 0.0704. The zero-order chi connectivity index (χ0) is 16.9. The molecule has 1 aromatic heterocycles. The SMILES string of the molecule is CC1C2C[C@@H](OC[C@@H]3N[C@H](C)C[C@@H]3C)CC[C@@]12c1ncc(F)cn1. The van der Waals surface area contributed by atoms with Gasteiger partial charge in [-0.3, -0.25) is 0 Å². The van der Waals surface area contributed by atoms with E-state index in [1.807, 2.05) is 0 Å². The van der Waals surface area contributed by atoms with Crippen molar-refractivity contribution in [2.75, 3.05) is 6.61 Å². The number of halogens is 1. The van der Waals surface area contributed by atoms with E-state index in [0.717, 1.165) is 31.7 Å². The zero-order valence-electron chi connectivity index (χ0n) is 14.8. The first-order chi connectivity index (χ1) is 11.5. The number of fused-ring (bicyclic) bond motifs is 1. The highest BCUT2D eigenvalue weighted by molar-refractivity contribution is 5.28. The number of nitrogens with one attached hydrogen (secondary N) is 1. The molecule has 4 rings (SSSR count). The summed E-state index contributed by atoms with van der Waals surface area (Å²) in [5.41, 5.74) is 0.0704. The Bertz CT molecular complexity index is 595. The van der Waals surface area contributed by atoms with Gasteiger partial charge in [-0.25, -0.2) is 14.4 Å². The van der Waals surface area contributed by atoms with Gasteiger partial charge in [0, 0.05) is 17.5 Å². The second-order valence-electron chi connectivity index (χ2n) is 8.28. The summed E-state index contributed by atoms with van der Waals surface area (Å²) in [6.45, 7) is 7.66. The van der Waals surface area contributed by atoms with Crippen LogP contribution < -0.4 is 5.32 Å². The van der Waals surface area contributed by atoms with E-state index in [1.54, 1.807) is 0 Å². The van der Waals surface area contributed by atoms with E-state index >= 15 is 0 Å². The number of aromatic nitrogens is 2. The van der Waals surface area contributed by atoms with E-state index in [0.29, 0.717) is 35.9 Å². The Morgan fingerprint density at radius 3 is 2.62 bits per heavy atom. The fourth-order valence-electron chi connectivity index (χ4n) is 5.31. The Morgan fingerprint density at radius 1 is 1.25 bits per heavy atom. The molecule has 2 unspecified atom stereocenters. The molecule has 1 saturated heterocycles. The van der Waals surface area contributed by atoms with Crippen molar-refractivity contribution in [2.45, 2.75) is 70.1 Å². The summed E-state index contributed by atoms with van der Waals surface area (Å²) < 4.78 is 19.4. The van der Waals surface area contributed by atoms with Crippen molar-refractivity contribution in [1.29, 1.82) is 0 Å². The number of hydrogen-bond acceptors (Lipinski definition) is 4. The summed E-state index contributed by atoms with van der Waals surface area (Å²) >= 11 is 0. The normalized spacial score (nSPS) is 44.3. The van der Waals surface area contributed by atoms with Gasteiger partial charge < -0.3 is 10.1 Å². The van der Waals surface area contributed by atoms with E-state index in [1.165, 1.54) is 18.8 Å². The molecule has 0 spiro atoms. The summed E-state index contributed by atoms with van der Waals surface area (Å²) in [6.07, 6.45) is 7.38. The first-order valence-corrected chi connectivity index (χ1v) is 9.36. The van der Waals surface area contributed by atoms with Crippen LogP contribution in [0.4, 0.5) is 4.39 Å². The summed E-state index contributed by atoms with van der Waals surface area (Å²) in [4.78, 5) is 8.56. The highest BCUT2D eigenvalue weighted by Crippen LogP contribution is 2.66. The minimum Gasteiger partial charge on any atom is -0.377 e. The minimum atomic E-state index is -0.357. The molecule has 2 heterocycles. The Balaban J connectivity index is 1.35. The molecular weight excluding hydrogens is 305 g/mol. The molecule has 2 saturated carbocycles. The van der Waals surface area contributed by atoms with Gasteiger partial charge in [-0.1, -0.05) is 13.8 Å². The lowest BCUT2D eigenvalue weighted by Crippen LogP contribution is -2.36. The van der Waals surface area contributed by atoms with Gasteiger partial charge in [0.05, 0.1) is 25.1 Å². The van der Waals surface area contributed by atoms with Crippen molar-refractivity contribution in [3.63, 3.8) is 0 Å². The molecule has 132 valence electrons. The molecule has 1 N–H and O–H groups in total. The average Bonchev–Trinajstić information content (AvgIpc) is 3.02. The van der Waals surface area contributed by atoms with Gasteiger partial charge in [0.15, 0.2) is 5.82 Å². The maximum atomic E-state index is 13.1. The number of hydrogen-bond donors (Lipinski definition) is 1. The molecule has 0 radical (unpaired) electrons. The largest absolute Gasteiger partial charge is 0.377 e. The van der Waals surface area contributed by atoms with E-state index in [9.17, 15) is 4.39 Å².